The Bertz CT molecular complexity index is 519. The van der Waals surface area contributed by atoms with Crippen LogP contribution in [-0.4, -0.2) is 22.8 Å². The van der Waals surface area contributed by atoms with Crippen LogP contribution in [0.4, 0.5) is 0 Å². The minimum absolute atomic E-state index is 0.0618. The number of ether oxygens (including phenoxy) is 1. The molecule has 102 valence electrons. The second-order valence-corrected chi connectivity index (χ2v) is 4.96. The number of Topliss-reactive ketones (excluding diaryl/α,β-unsaturated/α-hetero) is 2. The van der Waals surface area contributed by atoms with E-state index in [4.69, 9.17) is 4.74 Å². The number of hydrogen-bond acceptors (Lipinski definition) is 4. The van der Waals surface area contributed by atoms with Crippen molar-refractivity contribution in [2.45, 2.75) is 45.6 Å². The molecule has 0 radical (unpaired) electrons. The maximum Gasteiger partial charge on any atom is 0.173 e. The number of phenolic OH excluding ortho intramolecular Hbond substituents is 1. The van der Waals surface area contributed by atoms with Gasteiger partial charge in [0.25, 0.3) is 0 Å². The van der Waals surface area contributed by atoms with Gasteiger partial charge < -0.3 is 9.84 Å². The Morgan fingerprint density at radius 1 is 1.37 bits per heavy atom. The fourth-order valence-corrected chi connectivity index (χ4v) is 2.32. The van der Waals surface area contributed by atoms with Gasteiger partial charge in [-0.2, -0.15) is 0 Å². The fourth-order valence-electron chi connectivity index (χ4n) is 2.32. The number of phenols is 1. The van der Waals surface area contributed by atoms with Crippen LogP contribution >= 0.6 is 0 Å². The molecule has 0 saturated heterocycles. The highest BCUT2D eigenvalue weighted by Crippen LogP contribution is 2.32. The first kappa shape index (κ1) is 13.6. The zero-order valence-corrected chi connectivity index (χ0v) is 11.2. The summed E-state index contributed by atoms with van der Waals surface area (Å²) >= 11 is 0. The lowest BCUT2D eigenvalue weighted by atomic mass is 9.96. The van der Waals surface area contributed by atoms with Crippen molar-refractivity contribution in [1.82, 2.24) is 0 Å². The van der Waals surface area contributed by atoms with Crippen molar-refractivity contribution in [2.24, 2.45) is 0 Å². The molecule has 1 aliphatic rings. The molecule has 1 N–H and O–H groups in total. The SMILES string of the molecule is CC(=O)c1ccc(OC2CCCCC2=O)c(C)c1O. The van der Waals surface area contributed by atoms with E-state index in [0.29, 0.717) is 24.2 Å². The molecule has 2 rings (SSSR count). The van der Waals surface area contributed by atoms with E-state index in [9.17, 15) is 14.7 Å². The highest BCUT2D eigenvalue weighted by molar-refractivity contribution is 5.97. The number of carbonyl (C=O) groups is 2. The Labute approximate surface area is 112 Å². The Kier molecular flexibility index (Phi) is 3.88. The van der Waals surface area contributed by atoms with Gasteiger partial charge in [-0.1, -0.05) is 0 Å². The molecule has 0 bridgehead atoms. The molecule has 1 aliphatic carbocycles. The first-order chi connectivity index (χ1) is 9.00. The minimum Gasteiger partial charge on any atom is -0.507 e. The molecule has 19 heavy (non-hydrogen) atoms. The Balaban J connectivity index is 2.24. The van der Waals surface area contributed by atoms with Crippen LogP contribution in [0.2, 0.25) is 0 Å². The molecular weight excluding hydrogens is 244 g/mol. The molecule has 1 atom stereocenters. The van der Waals surface area contributed by atoms with Crippen LogP contribution in [-0.2, 0) is 4.79 Å². The van der Waals surface area contributed by atoms with Gasteiger partial charge in [0.1, 0.15) is 11.5 Å². The third-order valence-corrected chi connectivity index (χ3v) is 3.53. The molecule has 0 aromatic heterocycles. The molecule has 0 amide bonds. The summed E-state index contributed by atoms with van der Waals surface area (Å²) in [6.45, 7) is 3.09. The second kappa shape index (κ2) is 5.43. The van der Waals surface area contributed by atoms with Crippen LogP contribution in [0.3, 0.4) is 0 Å². The largest absolute Gasteiger partial charge is 0.507 e. The maximum absolute atomic E-state index is 11.7. The van der Waals surface area contributed by atoms with E-state index in [1.807, 2.05) is 0 Å². The van der Waals surface area contributed by atoms with Crippen molar-refractivity contribution in [3.63, 3.8) is 0 Å². The summed E-state index contributed by atoms with van der Waals surface area (Å²) in [6, 6.07) is 3.18. The van der Waals surface area contributed by atoms with Crippen LogP contribution in [0.5, 0.6) is 11.5 Å². The number of aromatic hydroxyl groups is 1. The van der Waals surface area contributed by atoms with E-state index >= 15 is 0 Å². The summed E-state index contributed by atoms with van der Waals surface area (Å²) in [6.07, 6.45) is 2.75. The van der Waals surface area contributed by atoms with Gasteiger partial charge >= 0.3 is 0 Å². The molecule has 4 heteroatoms. The maximum atomic E-state index is 11.7. The average molecular weight is 262 g/mol. The van der Waals surface area contributed by atoms with Crippen LogP contribution in [0, 0.1) is 6.92 Å². The number of benzene rings is 1. The van der Waals surface area contributed by atoms with Gasteiger partial charge in [-0.15, -0.1) is 0 Å². The topological polar surface area (TPSA) is 63.6 Å². The lowest BCUT2D eigenvalue weighted by Gasteiger charge is -2.23. The van der Waals surface area contributed by atoms with Gasteiger partial charge in [0.15, 0.2) is 17.7 Å². The number of rotatable bonds is 3. The predicted molar refractivity (Wildman–Crippen MR) is 70.7 cm³/mol. The molecule has 1 aromatic carbocycles. The summed E-state index contributed by atoms with van der Waals surface area (Å²) in [5.74, 6) is 0.331. The van der Waals surface area contributed by atoms with E-state index in [-0.39, 0.29) is 22.9 Å². The Hall–Kier alpha value is -1.84. The summed E-state index contributed by atoms with van der Waals surface area (Å²) in [7, 11) is 0. The monoisotopic (exact) mass is 262 g/mol. The Morgan fingerprint density at radius 2 is 2.11 bits per heavy atom. The van der Waals surface area contributed by atoms with Gasteiger partial charge in [0.2, 0.25) is 0 Å². The number of hydrogen-bond donors (Lipinski definition) is 1. The molecule has 4 nitrogen and oxygen atoms in total. The molecule has 0 aliphatic heterocycles. The van der Waals surface area contributed by atoms with E-state index < -0.39 is 6.10 Å². The van der Waals surface area contributed by atoms with Crippen molar-refractivity contribution in [3.05, 3.63) is 23.3 Å². The highest BCUT2D eigenvalue weighted by Gasteiger charge is 2.25. The first-order valence-electron chi connectivity index (χ1n) is 6.53. The fraction of sp³-hybridized carbons (Fsp3) is 0.467. The average Bonchev–Trinajstić information content (AvgIpc) is 2.37. The highest BCUT2D eigenvalue weighted by atomic mass is 16.5. The zero-order valence-electron chi connectivity index (χ0n) is 11.2. The lowest BCUT2D eigenvalue weighted by Crippen LogP contribution is -2.30. The van der Waals surface area contributed by atoms with Gasteiger partial charge in [-0.05, 0) is 45.2 Å². The lowest BCUT2D eigenvalue weighted by molar-refractivity contribution is -0.127. The van der Waals surface area contributed by atoms with E-state index in [1.54, 1.807) is 13.0 Å². The smallest absolute Gasteiger partial charge is 0.173 e. The predicted octanol–water partition coefficient (Wildman–Crippen LogP) is 2.79. The third kappa shape index (κ3) is 2.78. The van der Waals surface area contributed by atoms with Gasteiger partial charge in [0, 0.05) is 12.0 Å². The van der Waals surface area contributed by atoms with Crippen LogP contribution in [0.15, 0.2) is 12.1 Å². The van der Waals surface area contributed by atoms with Gasteiger partial charge in [0.05, 0.1) is 5.56 Å². The molecule has 1 fully saturated rings. The summed E-state index contributed by atoms with van der Waals surface area (Å²) < 4.78 is 5.69. The molecule has 1 saturated carbocycles. The molecule has 0 heterocycles. The quantitative estimate of drug-likeness (QED) is 0.851. The van der Waals surface area contributed by atoms with E-state index in [1.165, 1.54) is 13.0 Å². The number of ketones is 2. The molecule has 1 aromatic rings. The van der Waals surface area contributed by atoms with Gasteiger partial charge in [-0.3, -0.25) is 9.59 Å². The molecule has 0 spiro atoms. The molecular formula is C15H18O4. The van der Waals surface area contributed by atoms with Crippen molar-refractivity contribution in [1.29, 1.82) is 0 Å². The van der Waals surface area contributed by atoms with Crippen molar-refractivity contribution >= 4 is 11.6 Å². The minimum atomic E-state index is -0.421. The normalized spacial score (nSPS) is 19.3. The van der Waals surface area contributed by atoms with Crippen molar-refractivity contribution in [3.8, 4) is 11.5 Å². The molecule has 1 unspecified atom stereocenters. The van der Waals surface area contributed by atoms with Crippen LogP contribution in [0.25, 0.3) is 0 Å². The number of carbonyl (C=O) groups excluding carboxylic acids is 2. The third-order valence-electron chi connectivity index (χ3n) is 3.53. The van der Waals surface area contributed by atoms with E-state index in [0.717, 1.165) is 12.8 Å². The Morgan fingerprint density at radius 3 is 2.74 bits per heavy atom. The first-order valence-corrected chi connectivity index (χ1v) is 6.53. The summed E-state index contributed by atoms with van der Waals surface area (Å²) in [5, 5.41) is 9.96. The van der Waals surface area contributed by atoms with Crippen molar-refractivity contribution in [2.75, 3.05) is 0 Å². The van der Waals surface area contributed by atoms with Crippen LogP contribution < -0.4 is 4.74 Å². The summed E-state index contributed by atoms with van der Waals surface area (Å²) in [4.78, 5) is 23.0. The zero-order chi connectivity index (χ0) is 14.0. The standard InChI is InChI=1S/C15H18O4/c1-9-13(8-7-11(10(2)16)15(9)18)19-14-6-4-3-5-12(14)17/h7-8,14,18H,3-6H2,1-2H3. The van der Waals surface area contributed by atoms with Crippen molar-refractivity contribution < 1.29 is 19.4 Å². The van der Waals surface area contributed by atoms with Crippen LogP contribution in [0.1, 0.15) is 48.5 Å². The second-order valence-electron chi connectivity index (χ2n) is 4.96. The van der Waals surface area contributed by atoms with Gasteiger partial charge in [-0.25, -0.2) is 0 Å². The van der Waals surface area contributed by atoms with E-state index in [2.05, 4.69) is 0 Å². The summed E-state index contributed by atoms with van der Waals surface area (Å²) in [5.41, 5.74) is 0.783.